The van der Waals surface area contributed by atoms with Crippen molar-refractivity contribution in [3.8, 4) is 11.5 Å². The highest BCUT2D eigenvalue weighted by Gasteiger charge is 2.27. The highest BCUT2D eigenvalue weighted by Crippen LogP contribution is 2.33. The number of allylic oxidation sites excluding steroid dienone is 1. The molecule has 1 fully saturated rings. The van der Waals surface area contributed by atoms with Crippen molar-refractivity contribution in [2.45, 2.75) is 37.0 Å². The maximum Gasteiger partial charge on any atom is 0.243 e. The van der Waals surface area contributed by atoms with Crippen molar-refractivity contribution in [1.29, 1.82) is 0 Å². The van der Waals surface area contributed by atoms with E-state index in [0.29, 0.717) is 36.7 Å². The standard InChI is InChI=1S/C22H26N2O4S/c1-2-3-12-22(25)23-20-17-19(29(26,27)24-15-8-5-9-16-24)13-14-21(20)28-18-10-6-4-7-11-18/h2,4,6-7,10-11,13-14,17H,1,3,5,8-9,12,15-16H2,(H,23,25). The van der Waals surface area contributed by atoms with E-state index in [-0.39, 0.29) is 17.2 Å². The number of benzene rings is 2. The molecule has 0 atom stereocenters. The van der Waals surface area contributed by atoms with Crippen molar-refractivity contribution in [3.63, 3.8) is 0 Å². The van der Waals surface area contributed by atoms with Crippen molar-refractivity contribution in [1.82, 2.24) is 4.31 Å². The van der Waals surface area contributed by atoms with Crippen molar-refractivity contribution in [2.24, 2.45) is 0 Å². The van der Waals surface area contributed by atoms with Gasteiger partial charge in [0.05, 0.1) is 10.6 Å². The number of ether oxygens (including phenoxy) is 1. The molecule has 0 bridgehead atoms. The number of amides is 1. The molecule has 0 aliphatic carbocycles. The van der Waals surface area contributed by atoms with Gasteiger partial charge in [-0.15, -0.1) is 6.58 Å². The molecule has 1 heterocycles. The van der Waals surface area contributed by atoms with Crippen LogP contribution in [0, 0.1) is 0 Å². The molecule has 6 nitrogen and oxygen atoms in total. The Hall–Kier alpha value is -2.64. The first-order chi connectivity index (χ1) is 14.0. The summed E-state index contributed by atoms with van der Waals surface area (Å²) < 4.78 is 33.4. The minimum absolute atomic E-state index is 0.152. The van der Waals surface area contributed by atoms with E-state index >= 15 is 0 Å². The predicted octanol–water partition coefficient (Wildman–Crippen LogP) is 4.56. The average molecular weight is 415 g/mol. The zero-order valence-corrected chi connectivity index (χ0v) is 17.2. The molecule has 3 rings (SSSR count). The van der Waals surface area contributed by atoms with Gasteiger partial charge in [-0.25, -0.2) is 8.42 Å². The van der Waals surface area contributed by atoms with E-state index in [1.807, 2.05) is 18.2 Å². The molecule has 0 unspecified atom stereocenters. The zero-order valence-electron chi connectivity index (χ0n) is 16.3. The third-order valence-electron chi connectivity index (χ3n) is 4.72. The number of nitrogens with zero attached hydrogens (tertiary/aromatic N) is 1. The second-order valence-corrected chi connectivity index (χ2v) is 8.85. The normalized spacial score (nSPS) is 14.9. The Kier molecular flexibility index (Phi) is 7.06. The molecule has 1 N–H and O–H groups in total. The second-order valence-electron chi connectivity index (χ2n) is 6.91. The fourth-order valence-corrected chi connectivity index (χ4v) is 4.72. The number of carbonyl (C=O) groups excluding carboxylic acids is 1. The SMILES string of the molecule is C=CCCC(=O)Nc1cc(S(=O)(=O)N2CCCCC2)ccc1Oc1ccccc1. The summed E-state index contributed by atoms with van der Waals surface area (Å²) in [5.41, 5.74) is 0.334. The highest BCUT2D eigenvalue weighted by molar-refractivity contribution is 7.89. The number of para-hydroxylation sites is 1. The third-order valence-corrected chi connectivity index (χ3v) is 6.62. The number of hydrogen-bond acceptors (Lipinski definition) is 4. The van der Waals surface area contributed by atoms with E-state index < -0.39 is 10.0 Å². The molecule has 154 valence electrons. The molecule has 0 radical (unpaired) electrons. The van der Waals surface area contributed by atoms with Crippen molar-refractivity contribution >= 4 is 21.6 Å². The summed E-state index contributed by atoms with van der Waals surface area (Å²) in [6.07, 6.45) is 5.22. The number of carbonyl (C=O) groups is 1. The van der Waals surface area contributed by atoms with Crippen LogP contribution in [0.2, 0.25) is 0 Å². The molecule has 1 aliphatic heterocycles. The molecule has 0 saturated carbocycles. The molecule has 7 heteroatoms. The first kappa shape index (κ1) is 21.1. The molecular formula is C22H26N2O4S. The number of anilines is 1. The third kappa shape index (κ3) is 5.46. The van der Waals surface area contributed by atoms with Crippen LogP contribution in [0.1, 0.15) is 32.1 Å². The lowest BCUT2D eigenvalue weighted by Gasteiger charge is -2.26. The Bertz CT molecular complexity index is 952. The highest BCUT2D eigenvalue weighted by atomic mass is 32.2. The smallest absolute Gasteiger partial charge is 0.243 e. The fourth-order valence-electron chi connectivity index (χ4n) is 3.17. The Morgan fingerprint density at radius 1 is 1.10 bits per heavy atom. The predicted molar refractivity (Wildman–Crippen MR) is 114 cm³/mol. The van der Waals surface area contributed by atoms with E-state index in [4.69, 9.17) is 4.74 Å². The number of rotatable bonds is 8. The van der Waals surface area contributed by atoms with Crippen LogP contribution in [-0.2, 0) is 14.8 Å². The van der Waals surface area contributed by atoms with E-state index in [9.17, 15) is 13.2 Å². The van der Waals surface area contributed by atoms with E-state index in [0.717, 1.165) is 19.3 Å². The summed E-state index contributed by atoms with van der Waals surface area (Å²) in [6, 6.07) is 13.7. The van der Waals surface area contributed by atoms with Crippen molar-refractivity contribution < 1.29 is 17.9 Å². The lowest BCUT2D eigenvalue weighted by Crippen LogP contribution is -2.35. The maximum atomic E-state index is 13.0. The summed E-state index contributed by atoms with van der Waals surface area (Å²) in [4.78, 5) is 12.4. The topological polar surface area (TPSA) is 75.7 Å². The number of hydrogen-bond donors (Lipinski definition) is 1. The largest absolute Gasteiger partial charge is 0.455 e. The van der Waals surface area contributed by atoms with Crippen LogP contribution in [-0.4, -0.2) is 31.7 Å². The monoisotopic (exact) mass is 414 g/mol. The van der Waals surface area contributed by atoms with Crippen LogP contribution in [0.15, 0.2) is 66.1 Å². The molecule has 29 heavy (non-hydrogen) atoms. The van der Waals surface area contributed by atoms with Gasteiger partial charge >= 0.3 is 0 Å². The molecule has 1 aliphatic rings. The number of nitrogens with one attached hydrogen (secondary N) is 1. The molecule has 2 aromatic carbocycles. The molecule has 2 aromatic rings. The maximum absolute atomic E-state index is 13.0. The Balaban J connectivity index is 1.92. The van der Waals surface area contributed by atoms with Crippen LogP contribution in [0.4, 0.5) is 5.69 Å². The van der Waals surface area contributed by atoms with Crippen LogP contribution >= 0.6 is 0 Å². The van der Waals surface area contributed by atoms with Crippen LogP contribution < -0.4 is 10.1 Å². The molecule has 1 amide bonds. The number of sulfonamides is 1. The fraction of sp³-hybridized carbons (Fsp3) is 0.318. The van der Waals surface area contributed by atoms with Gasteiger partial charge in [-0.1, -0.05) is 30.7 Å². The molecule has 0 aromatic heterocycles. The van der Waals surface area contributed by atoms with Gasteiger partial charge in [0.25, 0.3) is 0 Å². The summed E-state index contributed by atoms with van der Waals surface area (Å²) in [6.45, 7) is 4.66. The van der Waals surface area contributed by atoms with Gasteiger partial charge in [0, 0.05) is 19.5 Å². The second kappa shape index (κ2) is 9.71. The zero-order chi connectivity index (χ0) is 20.7. The van der Waals surface area contributed by atoms with Crippen LogP contribution in [0.5, 0.6) is 11.5 Å². The average Bonchev–Trinajstić information content (AvgIpc) is 2.74. The van der Waals surface area contributed by atoms with Crippen molar-refractivity contribution in [3.05, 3.63) is 61.2 Å². The van der Waals surface area contributed by atoms with Gasteiger partial charge in [0.15, 0.2) is 5.75 Å². The first-order valence-electron chi connectivity index (χ1n) is 9.78. The van der Waals surface area contributed by atoms with Crippen LogP contribution in [0.3, 0.4) is 0 Å². The van der Waals surface area contributed by atoms with Gasteiger partial charge in [-0.2, -0.15) is 4.31 Å². The van der Waals surface area contributed by atoms with E-state index in [2.05, 4.69) is 11.9 Å². The van der Waals surface area contributed by atoms with E-state index in [1.54, 1.807) is 24.3 Å². The Labute approximate surface area is 172 Å². The Morgan fingerprint density at radius 2 is 1.83 bits per heavy atom. The summed E-state index contributed by atoms with van der Waals surface area (Å²) in [5.74, 6) is 0.761. The van der Waals surface area contributed by atoms with E-state index in [1.165, 1.54) is 16.4 Å². The quantitative estimate of drug-likeness (QED) is 0.643. The summed E-state index contributed by atoms with van der Waals surface area (Å²) in [5, 5.41) is 2.79. The molecule has 0 spiro atoms. The van der Waals surface area contributed by atoms with Gasteiger partial charge in [-0.05, 0) is 49.6 Å². The summed E-state index contributed by atoms with van der Waals surface area (Å²) >= 11 is 0. The Morgan fingerprint density at radius 3 is 2.52 bits per heavy atom. The number of piperidine rings is 1. The minimum atomic E-state index is -3.62. The minimum Gasteiger partial charge on any atom is -0.455 e. The van der Waals surface area contributed by atoms with Gasteiger partial charge in [0.2, 0.25) is 15.9 Å². The van der Waals surface area contributed by atoms with Gasteiger partial charge in [0.1, 0.15) is 5.75 Å². The lowest BCUT2D eigenvalue weighted by atomic mass is 10.2. The van der Waals surface area contributed by atoms with Gasteiger partial charge < -0.3 is 10.1 Å². The first-order valence-corrected chi connectivity index (χ1v) is 11.2. The van der Waals surface area contributed by atoms with Gasteiger partial charge in [-0.3, -0.25) is 4.79 Å². The molecular weight excluding hydrogens is 388 g/mol. The molecule has 1 saturated heterocycles. The summed E-state index contributed by atoms with van der Waals surface area (Å²) in [7, 11) is -3.62. The lowest BCUT2D eigenvalue weighted by molar-refractivity contribution is -0.116. The van der Waals surface area contributed by atoms with Crippen LogP contribution in [0.25, 0.3) is 0 Å². The van der Waals surface area contributed by atoms with Crippen molar-refractivity contribution in [2.75, 3.05) is 18.4 Å².